The Morgan fingerprint density at radius 1 is 1.35 bits per heavy atom. The quantitative estimate of drug-likeness (QED) is 0.815. The summed E-state index contributed by atoms with van der Waals surface area (Å²) in [6, 6.07) is 8.69. The third-order valence-electron chi connectivity index (χ3n) is 2.36. The van der Waals surface area contributed by atoms with Gasteiger partial charge in [0.2, 0.25) is 5.75 Å². The summed E-state index contributed by atoms with van der Waals surface area (Å²) in [5.74, 6) is -0.488. The minimum Gasteiger partial charge on any atom is -0.461 e. The third-order valence-corrected chi connectivity index (χ3v) is 2.36. The number of esters is 1. The van der Waals surface area contributed by atoms with Gasteiger partial charge in [-0.15, -0.1) is 0 Å². The molecule has 0 aliphatic heterocycles. The summed E-state index contributed by atoms with van der Waals surface area (Å²) in [4.78, 5) is 28.9. The minimum atomic E-state index is -0.744. The second kappa shape index (κ2) is 5.87. The maximum Gasteiger partial charge on any atom is 0.358 e. The van der Waals surface area contributed by atoms with Crippen LogP contribution in [0.15, 0.2) is 35.1 Å². The number of carbonyl (C=O) groups is 1. The minimum absolute atomic E-state index is 0.0331. The predicted molar refractivity (Wildman–Crippen MR) is 71.7 cm³/mol. The van der Waals surface area contributed by atoms with Crippen LogP contribution >= 0.6 is 0 Å². The summed E-state index contributed by atoms with van der Waals surface area (Å²) < 4.78 is 10.3. The number of aromatic nitrogens is 2. The van der Waals surface area contributed by atoms with Crippen LogP contribution in [0, 0.1) is 0 Å². The Hall–Kier alpha value is -2.83. The molecule has 20 heavy (non-hydrogen) atoms. The molecule has 2 aromatic rings. The third kappa shape index (κ3) is 2.94. The monoisotopic (exact) mass is 275 g/mol. The van der Waals surface area contributed by atoms with Crippen molar-refractivity contribution in [2.24, 2.45) is 0 Å². The number of benzene rings is 1. The number of carbonyl (C=O) groups excluding carboxylic acids is 1. The smallest absolute Gasteiger partial charge is 0.358 e. The fraction of sp³-hybridized carbons (Fsp3) is 0.154. The number of para-hydroxylation sites is 1. The van der Waals surface area contributed by atoms with Gasteiger partial charge in [-0.25, -0.2) is 9.59 Å². The standard InChI is InChI=1S/C13H13N3O4/c1-2-19-12(17)9-10(11(14)16-13(18)15-9)20-8-6-4-3-5-7-8/h3-7H,2H2,1H3,(H3,14,15,16,18). The highest BCUT2D eigenvalue weighted by Crippen LogP contribution is 2.28. The first-order chi connectivity index (χ1) is 9.61. The van der Waals surface area contributed by atoms with Crippen LogP contribution in [0.2, 0.25) is 0 Å². The predicted octanol–water partition coefficient (Wildman–Crippen LogP) is 1.32. The summed E-state index contributed by atoms with van der Waals surface area (Å²) in [5, 5.41) is 0. The van der Waals surface area contributed by atoms with Gasteiger partial charge in [-0.1, -0.05) is 18.2 Å². The molecule has 0 bridgehead atoms. The summed E-state index contributed by atoms with van der Waals surface area (Å²) in [6.45, 7) is 1.81. The Morgan fingerprint density at radius 3 is 2.70 bits per heavy atom. The Labute approximate surface area is 114 Å². The van der Waals surface area contributed by atoms with E-state index in [1.54, 1.807) is 31.2 Å². The molecule has 2 rings (SSSR count). The molecular weight excluding hydrogens is 262 g/mol. The Kier molecular flexibility index (Phi) is 3.99. The number of ether oxygens (including phenoxy) is 2. The van der Waals surface area contributed by atoms with E-state index in [0.29, 0.717) is 5.75 Å². The van der Waals surface area contributed by atoms with Gasteiger partial charge in [0.1, 0.15) is 5.75 Å². The van der Waals surface area contributed by atoms with Crippen molar-refractivity contribution in [1.82, 2.24) is 9.97 Å². The number of aromatic amines is 1. The van der Waals surface area contributed by atoms with Gasteiger partial charge in [0.05, 0.1) is 6.61 Å². The molecule has 0 amide bonds. The van der Waals surface area contributed by atoms with E-state index >= 15 is 0 Å². The van der Waals surface area contributed by atoms with Crippen LogP contribution in [0.25, 0.3) is 0 Å². The van der Waals surface area contributed by atoms with Crippen LogP contribution in [0.5, 0.6) is 11.5 Å². The summed E-state index contributed by atoms with van der Waals surface area (Å²) in [6.07, 6.45) is 0. The first-order valence-electron chi connectivity index (χ1n) is 5.91. The van der Waals surface area contributed by atoms with Crippen molar-refractivity contribution in [3.05, 3.63) is 46.5 Å². The zero-order chi connectivity index (χ0) is 14.5. The van der Waals surface area contributed by atoms with E-state index in [1.807, 2.05) is 6.07 Å². The lowest BCUT2D eigenvalue weighted by Gasteiger charge is -2.11. The van der Waals surface area contributed by atoms with Crippen LogP contribution < -0.4 is 16.2 Å². The van der Waals surface area contributed by atoms with Crippen molar-refractivity contribution in [2.45, 2.75) is 6.92 Å². The van der Waals surface area contributed by atoms with Gasteiger partial charge in [-0.3, -0.25) is 4.98 Å². The highest BCUT2D eigenvalue weighted by molar-refractivity contribution is 5.91. The molecular formula is C13H13N3O4. The lowest BCUT2D eigenvalue weighted by atomic mass is 10.3. The molecule has 3 N–H and O–H groups in total. The van der Waals surface area contributed by atoms with Gasteiger partial charge < -0.3 is 15.2 Å². The second-order valence-corrected chi connectivity index (χ2v) is 3.77. The van der Waals surface area contributed by atoms with Gasteiger partial charge in [-0.05, 0) is 19.1 Å². The number of anilines is 1. The molecule has 0 aliphatic rings. The Balaban J connectivity index is 2.45. The van der Waals surface area contributed by atoms with E-state index in [4.69, 9.17) is 15.2 Å². The van der Waals surface area contributed by atoms with E-state index in [1.165, 1.54) is 0 Å². The van der Waals surface area contributed by atoms with Gasteiger partial charge in [-0.2, -0.15) is 4.98 Å². The van der Waals surface area contributed by atoms with Crippen molar-refractivity contribution in [3.63, 3.8) is 0 Å². The SMILES string of the molecule is CCOC(=O)c1[nH]c(=O)nc(N)c1Oc1ccccc1. The van der Waals surface area contributed by atoms with E-state index in [0.717, 1.165) is 0 Å². The fourth-order valence-corrected chi connectivity index (χ4v) is 1.54. The number of nitrogens with zero attached hydrogens (tertiary/aromatic N) is 1. The Bertz CT molecular complexity index is 667. The van der Waals surface area contributed by atoms with E-state index in [2.05, 4.69) is 9.97 Å². The molecule has 0 unspecified atom stereocenters. The van der Waals surface area contributed by atoms with Crippen LogP contribution in [-0.2, 0) is 4.74 Å². The van der Waals surface area contributed by atoms with Gasteiger partial charge in [0.25, 0.3) is 0 Å². The topological polar surface area (TPSA) is 107 Å². The second-order valence-electron chi connectivity index (χ2n) is 3.77. The molecule has 104 valence electrons. The van der Waals surface area contributed by atoms with Crippen molar-refractivity contribution < 1.29 is 14.3 Å². The molecule has 0 aliphatic carbocycles. The molecule has 0 saturated carbocycles. The first kappa shape index (κ1) is 13.6. The maximum atomic E-state index is 11.8. The molecule has 1 aromatic carbocycles. The van der Waals surface area contributed by atoms with Crippen LogP contribution in [0.4, 0.5) is 5.82 Å². The summed E-state index contributed by atoms with van der Waals surface area (Å²) >= 11 is 0. The van der Waals surface area contributed by atoms with Crippen molar-refractivity contribution in [2.75, 3.05) is 12.3 Å². The van der Waals surface area contributed by atoms with E-state index in [-0.39, 0.29) is 23.9 Å². The number of H-pyrrole nitrogens is 1. The van der Waals surface area contributed by atoms with E-state index < -0.39 is 11.7 Å². The molecule has 0 fully saturated rings. The highest BCUT2D eigenvalue weighted by atomic mass is 16.5. The molecule has 7 heteroatoms. The zero-order valence-electron chi connectivity index (χ0n) is 10.8. The summed E-state index contributed by atoms with van der Waals surface area (Å²) in [7, 11) is 0. The van der Waals surface area contributed by atoms with Gasteiger partial charge in [0, 0.05) is 0 Å². The summed E-state index contributed by atoms with van der Waals surface area (Å²) in [5.41, 5.74) is 4.74. The van der Waals surface area contributed by atoms with Crippen LogP contribution in [0.3, 0.4) is 0 Å². The first-order valence-corrected chi connectivity index (χ1v) is 5.91. The molecule has 7 nitrogen and oxygen atoms in total. The lowest BCUT2D eigenvalue weighted by Crippen LogP contribution is -2.20. The van der Waals surface area contributed by atoms with Crippen molar-refractivity contribution >= 4 is 11.8 Å². The number of hydrogen-bond donors (Lipinski definition) is 2. The average molecular weight is 275 g/mol. The number of nitrogens with one attached hydrogen (secondary N) is 1. The van der Waals surface area contributed by atoms with Gasteiger partial charge >= 0.3 is 11.7 Å². The largest absolute Gasteiger partial charge is 0.461 e. The molecule has 0 radical (unpaired) electrons. The van der Waals surface area contributed by atoms with Crippen molar-refractivity contribution in [3.8, 4) is 11.5 Å². The number of nitrogens with two attached hydrogens (primary N) is 1. The lowest BCUT2D eigenvalue weighted by molar-refractivity contribution is 0.0515. The molecule has 1 aromatic heterocycles. The zero-order valence-corrected chi connectivity index (χ0v) is 10.8. The fourth-order valence-electron chi connectivity index (χ4n) is 1.54. The van der Waals surface area contributed by atoms with Gasteiger partial charge in [0.15, 0.2) is 11.5 Å². The van der Waals surface area contributed by atoms with Crippen LogP contribution in [0.1, 0.15) is 17.4 Å². The maximum absolute atomic E-state index is 11.8. The van der Waals surface area contributed by atoms with Crippen LogP contribution in [-0.4, -0.2) is 22.5 Å². The number of rotatable bonds is 4. The van der Waals surface area contributed by atoms with E-state index in [9.17, 15) is 9.59 Å². The number of hydrogen-bond acceptors (Lipinski definition) is 6. The molecule has 1 heterocycles. The Morgan fingerprint density at radius 2 is 2.05 bits per heavy atom. The van der Waals surface area contributed by atoms with Crippen molar-refractivity contribution in [1.29, 1.82) is 0 Å². The number of nitrogen functional groups attached to an aromatic ring is 1. The molecule has 0 spiro atoms. The average Bonchev–Trinajstić information content (AvgIpc) is 2.43. The molecule has 0 atom stereocenters. The molecule has 0 saturated heterocycles. The normalized spacial score (nSPS) is 10.1. The highest BCUT2D eigenvalue weighted by Gasteiger charge is 2.20.